The molecule has 2 heterocycles. The van der Waals surface area contributed by atoms with Crippen molar-refractivity contribution in [3.05, 3.63) is 93.6 Å². The van der Waals surface area contributed by atoms with Gasteiger partial charge >= 0.3 is 0 Å². The fourth-order valence-electron chi connectivity index (χ4n) is 6.33. The van der Waals surface area contributed by atoms with Crippen molar-refractivity contribution < 1.29 is 9.90 Å². The molecule has 0 unspecified atom stereocenters. The van der Waals surface area contributed by atoms with Crippen LogP contribution in [0.15, 0.2) is 88.0 Å². The highest BCUT2D eigenvalue weighted by atomic mass is 79.9. The zero-order valence-electron chi connectivity index (χ0n) is 32.3. The molecule has 0 spiro atoms. The highest BCUT2D eigenvalue weighted by Crippen LogP contribution is 2.40. The average Bonchev–Trinajstić information content (AvgIpc) is 3.89. The van der Waals surface area contributed by atoms with Crippen molar-refractivity contribution in [2.24, 2.45) is 0 Å². The van der Waals surface area contributed by atoms with Crippen molar-refractivity contribution in [3.63, 3.8) is 0 Å². The molecule has 2 aromatic heterocycles. The smallest absolute Gasteiger partial charge is 0.132 e. The van der Waals surface area contributed by atoms with Gasteiger partial charge in [-0.15, -0.1) is 22.7 Å². The molecule has 4 aromatic rings. The minimum atomic E-state index is -0.692. The maximum absolute atomic E-state index is 11.7. The minimum Gasteiger partial charge on any atom is -0.385 e. The van der Waals surface area contributed by atoms with Crippen LogP contribution in [0, 0.1) is 0 Å². The SMILES string of the molecule is Brc1ccccc1-c1cccs1.CCCCCCC(=O)CCCCCC.CCCCCCC(O)(CCCCCC)c1ccccc1-c1cccs1. The Kier molecular flexibility index (Phi) is 25.2. The van der Waals surface area contributed by atoms with Crippen LogP contribution in [-0.2, 0) is 10.4 Å². The summed E-state index contributed by atoms with van der Waals surface area (Å²) < 4.78 is 1.16. The number of aliphatic hydroxyl groups is 1. The molecule has 51 heavy (non-hydrogen) atoms. The number of carbonyl (C=O) groups is 1. The number of benzene rings is 2. The molecule has 0 atom stereocenters. The molecular weight excluding hydrogens is 729 g/mol. The molecule has 5 heteroatoms. The van der Waals surface area contributed by atoms with Gasteiger partial charge in [-0.05, 0) is 65.8 Å². The van der Waals surface area contributed by atoms with E-state index in [4.69, 9.17) is 0 Å². The Morgan fingerprint density at radius 2 is 0.980 bits per heavy atom. The van der Waals surface area contributed by atoms with Gasteiger partial charge in [0.25, 0.3) is 0 Å². The first-order valence-electron chi connectivity index (χ1n) is 20.1. The zero-order valence-corrected chi connectivity index (χ0v) is 35.5. The van der Waals surface area contributed by atoms with Crippen LogP contribution in [0.3, 0.4) is 0 Å². The Labute approximate surface area is 328 Å². The summed E-state index contributed by atoms with van der Waals surface area (Å²) in [6.45, 7) is 8.88. The summed E-state index contributed by atoms with van der Waals surface area (Å²) in [5.41, 5.74) is 2.92. The fourth-order valence-corrected chi connectivity index (χ4v) is 8.50. The first-order chi connectivity index (χ1) is 24.9. The van der Waals surface area contributed by atoms with Gasteiger partial charge in [0.15, 0.2) is 0 Å². The molecule has 0 saturated carbocycles. The van der Waals surface area contributed by atoms with E-state index < -0.39 is 5.60 Å². The molecule has 0 radical (unpaired) electrons. The van der Waals surface area contributed by atoms with Gasteiger partial charge in [-0.2, -0.15) is 0 Å². The Morgan fingerprint density at radius 1 is 0.549 bits per heavy atom. The van der Waals surface area contributed by atoms with Crippen molar-refractivity contribution in [3.8, 4) is 20.9 Å². The Morgan fingerprint density at radius 3 is 1.43 bits per heavy atom. The van der Waals surface area contributed by atoms with Crippen LogP contribution >= 0.6 is 38.6 Å². The number of Topliss-reactive ketones (excluding diaryl/α,β-unsaturated/α-hetero) is 1. The Hall–Kier alpha value is -2.05. The van der Waals surface area contributed by atoms with Crippen LogP contribution < -0.4 is 0 Å². The van der Waals surface area contributed by atoms with Crippen LogP contribution in [-0.4, -0.2) is 10.9 Å². The summed E-state index contributed by atoms with van der Waals surface area (Å²) in [5.74, 6) is 0.484. The van der Waals surface area contributed by atoms with Crippen molar-refractivity contribution in [1.29, 1.82) is 0 Å². The van der Waals surface area contributed by atoms with Crippen LogP contribution in [0.1, 0.15) is 162 Å². The van der Waals surface area contributed by atoms with Crippen LogP contribution in [0.5, 0.6) is 0 Å². The van der Waals surface area contributed by atoms with E-state index in [-0.39, 0.29) is 0 Å². The number of carbonyl (C=O) groups excluding carboxylic acids is 1. The largest absolute Gasteiger partial charge is 0.385 e. The molecule has 0 saturated heterocycles. The quantitative estimate of drug-likeness (QED) is 0.0759. The molecule has 0 aliphatic rings. The van der Waals surface area contributed by atoms with Crippen LogP contribution in [0.4, 0.5) is 0 Å². The van der Waals surface area contributed by atoms with E-state index in [1.165, 1.54) is 97.9 Å². The first-order valence-corrected chi connectivity index (χ1v) is 22.6. The van der Waals surface area contributed by atoms with E-state index in [1.54, 1.807) is 22.7 Å². The van der Waals surface area contributed by atoms with E-state index in [2.05, 4.69) is 121 Å². The van der Waals surface area contributed by atoms with Crippen molar-refractivity contribution >= 4 is 44.4 Å². The summed E-state index contributed by atoms with van der Waals surface area (Å²) in [7, 11) is 0. The fraction of sp³-hybridized carbons (Fsp3) is 0.543. The molecule has 2 nitrogen and oxygen atoms in total. The van der Waals surface area contributed by atoms with E-state index in [9.17, 15) is 9.90 Å². The number of ketones is 1. The van der Waals surface area contributed by atoms with E-state index in [0.717, 1.165) is 61.4 Å². The number of thiophene rings is 2. The topological polar surface area (TPSA) is 37.3 Å². The van der Waals surface area contributed by atoms with Gasteiger partial charge in [-0.25, -0.2) is 0 Å². The normalized spacial score (nSPS) is 11.0. The lowest BCUT2D eigenvalue weighted by Gasteiger charge is -2.31. The van der Waals surface area contributed by atoms with Crippen molar-refractivity contribution in [2.45, 2.75) is 162 Å². The van der Waals surface area contributed by atoms with Crippen LogP contribution in [0.25, 0.3) is 20.9 Å². The van der Waals surface area contributed by atoms with Crippen molar-refractivity contribution in [2.75, 3.05) is 0 Å². The van der Waals surface area contributed by atoms with Crippen molar-refractivity contribution in [1.82, 2.24) is 0 Å². The molecule has 0 bridgehead atoms. The Bertz CT molecular complexity index is 1370. The Balaban J connectivity index is 0.000000292. The molecule has 1 N–H and O–H groups in total. The van der Waals surface area contributed by atoms with Gasteiger partial charge in [0.05, 0.1) is 5.60 Å². The second-order valence-corrected chi connectivity index (χ2v) is 16.5. The lowest BCUT2D eigenvalue weighted by Crippen LogP contribution is -2.26. The minimum absolute atomic E-state index is 0.484. The average molecular weight is 796 g/mol. The number of hydrogen-bond acceptors (Lipinski definition) is 4. The second-order valence-electron chi connectivity index (χ2n) is 13.8. The molecule has 282 valence electrons. The predicted octanol–water partition coefficient (Wildman–Crippen LogP) is 16.2. The second kappa shape index (κ2) is 28.5. The highest BCUT2D eigenvalue weighted by Gasteiger charge is 2.31. The molecular formula is C46H67BrO2S2. The summed E-state index contributed by atoms with van der Waals surface area (Å²) in [5, 5.41) is 15.9. The van der Waals surface area contributed by atoms with E-state index >= 15 is 0 Å². The predicted molar refractivity (Wildman–Crippen MR) is 231 cm³/mol. The molecule has 4 rings (SSSR count). The summed E-state index contributed by atoms with van der Waals surface area (Å²) in [6, 6.07) is 25.2. The van der Waals surface area contributed by atoms with Gasteiger partial charge < -0.3 is 5.11 Å². The first kappa shape index (κ1) is 45.1. The maximum Gasteiger partial charge on any atom is 0.132 e. The van der Waals surface area contributed by atoms with E-state index in [0.29, 0.717) is 5.78 Å². The lowest BCUT2D eigenvalue weighted by molar-refractivity contribution is -0.119. The number of rotatable bonds is 23. The standard InChI is InChI=1S/C23H34OS.C13H26O.C10H7BrS/c1-3-5-7-11-17-23(24,18-12-8-6-4-2)21-15-10-9-14-20(21)22-16-13-19-25-22;1-3-5-7-9-11-13(14)12-10-8-6-4-2;11-9-5-2-1-4-8(9)10-6-3-7-12-10/h9-10,13-16,19,24H,3-8,11-12,17-18H2,1-2H3;3-12H2,1-2H3;1-7H. The number of unbranched alkanes of at least 4 members (excludes halogenated alkanes) is 12. The third kappa shape index (κ3) is 18.5. The third-order valence-electron chi connectivity index (χ3n) is 9.38. The van der Waals surface area contributed by atoms with Gasteiger partial charge in [-0.3, -0.25) is 4.79 Å². The van der Waals surface area contributed by atoms with Crippen LogP contribution in [0.2, 0.25) is 0 Å². The van der Waals surface area contributed by atoms with Gasteiger partial charge in [-0.1, -0.05) is 188 Å². The number of hydrogen-bond donors (Lipinski definition) is 1. The lowest BCUT2D eigenvalue weighted by atomic mass is 9.81. The molecule has 0 aliphatic heterocycles. The van der Waals surface area contributed by atoms with Gasteiger partial charge in [0.2, 0.25) is 0 Å². The monoisotopic (exact) mass is 794 g/mol. The summed E-state index contributed by atoms with van der Waals surface area (Å²) >= 11 is 7.04. The van der Waals surface area contributed by atoms with Gasteiger partial charge in [0.1, 0.15) is 5.78 Å². The molecule has 2 aromatic carbocycles. The third-order valence-corrected chi connectivity index (χ3v) is 11.9. The number of halogens is 1. The molecule has 0 aliphatic carbocycles. The van der Waals surface area contributed by atoms with Gasteiger partial charge in [0, 0.05) is 32.6 Å². The highest BCUT2D eigenvalue weighted by molar-refractivity contribution is 9.10. The summed E-state index contributed by atoms with van der Waals surface area (Å²) in [4.78, 5) is 13.9. The maximum atomic E-state index is 11.7. The van der Waals surface area contributed by atoms with E-state index in [1.807, 2.05) is 6.07 Å². The zero-order chi connectivity index (χ0) is 37.0. The summed E-state index contributed by atoms with van der Waals surface area (Å²) in [6.07, 6.45) is 22.8. The molecule has 0 amide bonds. The molecule has 0 fully saturated rings.